The Morgan fingerprint density at radius 3 is 2.56 bits per heavy atom. The summed E-state index contributed by atoms with van der Waals surface area (Å²) < 4.78 is 10.4. The molecule has 100 valence electrons. The Bertz CT molecular complexity index is 416. The lowest BCUT2D eigenvalue weighted by Gasteiger charge is -2.28. The monoisotopic (exact) mass is 270 g/mol. The first-order valence-corrected chi connectivity index (χ1v) is 6.63. The van der Waals surface area contributed by atoms with Gasteiger partial charge in [0.2, 0.25) is 0 Å². The van der Waals surface area contributed by atoms with E-state index in [4.69, 9.17) is 21.1 Å². The van der Waals surface area contributed by atoms with Gasteiger partial charge in [-0.2, -0.15) is 0 Å². The number of aliphatic hydroxyl groups is 1. The molecule has 1 unspecified atom stereocenters. The summed E-state index contributed by atoms with van der Waals surface area (Å²) in [5.74, 6) is 1.72. The van der Waals surface area contributed by atoms with Gasteiger partial charge in [-0.15, -0.1) is 0 Å². The summed E-state index contributed by atoms with van der Waals surface area (Å²) in [6, 6.07) is 3.56. The van der Waals surface area contributed by atoms with Gasteiger partial charge < -0.3 is 14.6 Å². The lowest BCUT2D eigenvalue weighted by molar-refractivity contribution is 0.118. The zero-order chi connectivity index (χ0) is 13.1. The lowest BCUT2D eigenvalue weighted by Crippen LogP contribution is -2.15. The van der Waals surface area contributed by atoms with Gasteiger partial charge >= 0.3 is 0 Å². The van der Waals surface area contributed by atoms with Crippen molar-refractivity contribution in [2.45, 2.75) is 31.8 Å². The van der Waals surface area contributed by atoms with Gasteiger partial charge in [0.15, 0.2) is 11.5 Å². The Kier molecular flexibility index (Phi) is 4.36. The number of aliphatic hydroxyl groups excluding tert-OH is 1. The van der Waals surface area contributed by atoms with Crippen molar-refractivity contribution in [3.8, 4) is 11.5 Å². The van der Waals surface area contributed by atoms with Crippen LogP contribution in [0.15, 0.2) is 12.1 Å². The van der Waals surface area contributed by atoms with Gasteiger partial charge in [-0.05, 0) is 30.0 Å². The van der Waals surface area contributed by atoms with Gasteiger partial charge in [-0.1, -0.05) is 30.9 Å². The van der Waals surface area contributed by atoms with E-state index in [1.807, 2.05) is 0 Å². The van der Waals surface area contributed by atoms with E-state index in [0.717, 1.165) is 12.0 Å². The minimum atomic E-state index is -0.479. The van der Waals surface area contributed by atoms with E-state index in [2.05, 4.69) is 0 Å². The van der Waals surface area contributed by atoms with Crippen molar-refractivity contribution in [3.05, 3.63) is 22.7 Å². The van der Waals surface area contributed by atoms with E-state index < -0.39 is 6.10 Å². The summed E-state index contributed by atoms with van der Waals surface area (Å²) in [6.07, 6.45) is 4.04. The molecule has 18 heavy (non-hydrogen) atoms. The zero-order valence-electron chi connectivity index (χ0n) is 10.8. The molecule has 4 heteroatoms. The third-order valence-corrected chi connectivity index (χ3v) is 3.90. The molecule has 1 aliphatic carbocycles. The first kappa shape index (κ1) is 13.5. The summed E-state index contributed by atoms with van der Waals surface area (Å²) in [5.41, 5.74) is 0.796. The minimum Gasteiger partial charge on any atom is -0.493 e. The summed E-state index contributed by atoms with van der Waals surface area (Å²) in [6.45, 7) is 0. The quantitative estimate of drug-likeness (QED) is 0.889. The predicted octanol–water partition coefficient (Wildman–Crippen LogP) is 3.58. The molecule has 0 aliphatic heterocycles. The fourth-order valence-corrected chi connectivity index (χ4v) is 2.61. The normalized spacial score (nSPS) is 17.1. The summed E-state index contributed by atoms with van der Waals surface area (Å²) in [4.78, 5) is 0. The zero-order valence-corrected chi connectivity index (χ0v) is 11.5. The fourth-order valence-electron chi connectivity index (χ4n) is 2.31. The van der Waals surface area contributed by atoms with Crippen molar-refractivity contribution < 1.29 is 14.6 Å². The molecule has 0 aromatic heterocycles. The highest BCUT2D eigenvalue weighted by atomic mass is 35.5. The second kappa shape index (κ2) is 5.81. The van der Waals surface area contributed by atoms with Crippen molar-refractivity contribution in [2.75, 3.05) is 14.2 Å². The van der Waals surface area contributed by atoms with E-state index >= 15 is 0 Å². The highest BCUT2D eigenvalue weighted by molar-refractivity contribution is 6.32. The highest BCUT2D eigenvalue weighted by Crippen LogP contribution is 2.40. The molecular weight excluding hydrogens is 252 g/mol. The van der Waals surface area contributed by atoms with Crippen LogP contribution >= 0.6 is 11.6 Å². The average molecular weight is 271 g/mol. The maximum Gasteiger partial charge on any atom is 0.179 e. The van der Waals surface area contributed by atoms with E-state index in [1.54, 1.807) is 26.4 Å². The summed E-state index contributed by atoms with van der Waals surface area (Å²) in [7, 11) is 3.12. The molecule has 0 heterocycles. The highest BCUT2D eigenvalue weighted by Gasteiger charge is 2.23. The molecule has 1 atom stereocenters. The molecule has 3 nitrogen and oxygen atoms in total. The summed E-state index contributed by atoms with van der Waals surface area (Å²) in [5, 5.41) is 10.7. The molecule has 1 aromatic carbocycles. The van der Waals surface area contributed by atoms with E-state index in [9.17, 15) is 5.11 Å². The van der Waals surface area contributed by atoms with Gasteiger partial charge in [-0.25, -0.2) is 0 Å². The second-order valence-corrected chi connectivity index (χ2v) is 5.19. The molecule has 0 bridgehead atoms. The van der Waals surface area contributed by atoms with E-state index in [1.165, 1.54) is 19.3 Å². The fraction of sp³-hybridized carbons (Fsp3) is 0.571. The third kappa shape index (κ3) is 2.73. The van der Waals surface area contributed by atoms with Crippen LogP contribution in [0.2, 0.25) is 5.02 Å². The Hall–Kier alpha value is -0.930. The third-order valence-electron chi connectivity index (χ3n) is 3.62. The largest absolute Gasteiger partial charge is 0.493 e. The maximum absolute atomic E-state index is 10.2. The van der Waals surface area contributed by atoms with E-state index in [-0.39, 0.29) is 0 Å². The van der Waals surface area contributed by atoms with Gasteiger partial charge in [-0.3, -0.25) is 0 Å². The molecule has 1 fully saturated rings. The lowest BCUT2D eigenvalue weighted by atomic mass is 9.80. The number of benzene rings is 1. The van der Waals surface area contributed by atoms with Crippen LogP contribution in [-0.4, -0.2) is 19.3 Å². The Morgan fingerprint density at radius 2 is 2.06 bits per heavy atom. The standard InChI is InChI=1S/C14H19ClO3/c1-17-13-8-10(7-11(15)14(13)18-2)12(16)6-9-4-3-5-9/h7-9,12,16H,3-6H2,1-2H3. The molecule has 0 radical (unpaired) electrons. The average Bonchev–Trinajstić information content (AvgIpc) is 2.32. The van der Waals surface area contributed by atoms with Gasteiger partial charge in [0.25, 0.3) is 0 Å². The van der Waals surface area contributed by atoms with Crippen LogP contribution in [0.4, 0.5) is 0 Å². The van der Waals surface area contributed by atoms with Crippen LogP contribution in [0.5, 0.6) is 11.5 Å². The maximum atomic E-state index is 10.2. The first-order valence-electron chi connectivity index (χ1n) is 6.25. The number of methoxy groups -OCH3 is 2. The molecule has 1 aliphatic rings. The topological polar surface area (TPSA) is 38.7 Å². The van der Waals surface area contributed by atoms with Crippen molar-refractivity contribution in [3.63, 3.8) is 0 Å². The van der Waals surface area contributed by atoms with Crippen LogP contribution in [0.25, 0.3) is 0 Å². The Balaban J connectivity index is 2.18. The number of hydrogen-bond acceptors (Lipinski definition) is 3. The van der Waals surface area contributed by atoms with Crippen LogP contribution in [0.1, 0.15) is 37.4 Å². The number of ether oxygens (including phenoxy) is 2. The van der Waals surface area contributed by atoms with Crippen LogP contribution in [0, 0.1) is 5.92 Å². The second-order valence-electron chi connectivity index (χ2n) is 4.79. The van der Waals surface area contributed by atoms with Crippen molar-refractivity contribution in [1.29, 1.82) is 0 Å². The SMILES string of the molecule is COc1cc(C(O)CC2CCC2)cc(Cl)c1OC. The number of hydrogen-bond donors (Lipinski definition) is 1. The van der Waals surface area contributed by atoms with Gasteiger partial charge in [0.1, 0.15) is 0 Å². The number of rotatable bonds is 5. The van der Waals surface area contributed by atoms with Gasteiger partial charge in [0, 0.05) is 0 Å². The van der Waals surface area contributed by atoms with Gasteiger partial charge in [0.05, 0.1) is 25.3 Å². The Labute approximate surface area is 113 Å². The molecule has 0 saturated heterocycles. The van der Waals surface area contributed by atoms with Crippen molar-refractivity contribution in [2.24, 2.45) is 5.92 Å². The van der Waals surface area contributed by atoms with Crippen LogP contribution < -0.4 is 9.47 Å². The van der Waals surface area contributed by atoms with Crippen molar-refractivity contribution >= 4 is 11.6 Å². The minimum absolute atomic E-state index is 0.472. The molecule has 0 spiro atoms. The van der Waals surface area contributed by atoms with Crippen LogP contribution in [0.3, 0.4) is 0 Å². The first-order chi connectivity index (χ1) is 8.65. The van der Waals surface area contributed by atoms with Crippen LogP contribution in [-0.2, 0) is 0 Å². The molecule has 2 rings (SSSR count). The summed E-state index contributed by atoms with van der Waals surface area (Å²) >= 11 is 6.13. The predicted molar refractivity (Wildman–Crippen MR) is 71.5 cm³/mol. The molecule has 1 saturated carbocycles. The Morgan fingerprint density at radius 1 is 1.33 bits per heavy atom. The molecular formula is C14H19ClO3. The molecule has 1 aromatic rings. The van der Waals surface area contributed by atoms with E-state index in [0.29, 0.717) is 22.4 Å². The smallest absolute Gasteiger partial charge is 0.179 e. The molecule has 1 N–H and O–H groups in total. The number of halogens is 1. The van der Waals surface area contributed by atoms with Crippen molar-refractivity contribution in [1.82, 2.24) is 0 Å². The molecule has 0 amide bonds.